The highest BCUT2D eigenvalue weighted by Crippen LogP contribution is 2.46. The monoisotopic (exact) mass is 623 g/mol. The quantitative estimate of drug-likeness (QED) is 0.440. The summed E-state index contributed by atoms with van der Waals surface area (Å²) < 4.78 is 42.1. The molecule has 10 nitrogen and oxygen atoms in total. The predicted molar refractivity (Wildman–Crippen MR) is 162 cm³/mol. The van der Waals surface area contributed by atoms with E-state index >= 15 is 0 Å². The zero-order chi connectivity index (χ0) is 32.0. The zero-order valence-electron chi connectivity index (χ0n) is 25.3. The van der Waals surface area contributed by atoms with Crippen LogP contribution in [0.3, 0.4) is 0 Å². The molecular formula is C32H38FN5O5S. The third kappa shape index (κ3) is 6.21. The van der Waals surface area contributed by atoms with Gasteiger partial charge in [-0.05, 0) is 60.4 Å². The molecule has 2 N–H and O–H groups in total. The number of carbonyl (C=O) groups excluding carboxylic acids is 3. The van der Waals surface area contributed by atoms with Crippen molar-refractivity contribution in [2.24, 2.45) is 5.41 Å². The van der Waals surface area contributed by atoms with Crippen molar-refractivity contribution < 1.29 is 27.2 Å². The number of nitriles is 1. The molecule has 2 aliphatic heterocycles. The van der Waals surface area contributed by atoms with Crippen molar-refractivity contribution in [2.45, 2.75) is 81.7 Å². The Labute approximate surface area is 257 Å². The van der Waals surface area contributed by atoms with Crippen LogP contribution in [0.15, 0.2) is 48.5 Å². The number of hydrogen-bond donors (Lipinski definition) is 2. The van der Waals surface area contributed by atoms with E-state index in [4.69, 9.17) is 0 Å². The van der Waals surface area contributed by atoms with Gasteiger partial charge in [-0.1, -0.05) is 51.1 Å². The maximum atomic E-state index is 14.4. The van der Waals surface area contributed by atoms with Crippen LogP contribution in [0.5, 0.6) is 0 Å². The Kier molecular flexibility index (Phi) is 8.33. The van der Waals surface area contributed by atoms with Crippen LogP contribution >= 0.6 is 0 Å². The summed E-state index contributed by atoms with van der Waals surface area (Å²) in [7, 11) is -2.34. The number of hydrogen-bond acceptors (Lipinski definition) is 6. The first-order chi connectivity index (χ1) is 20.6. The average Bonchev–Trinajstić information content (AvgIpc) is 3.71. The van der Waals surface area contributed by atoms with Crippen LogP contribution in [0.4, 0.5) is 10.1 Å². The lowest BCUT2D eigenvalue weighted by Crippen LogP contribution is -2.57. The summed E-state index contributed by atoms with van der Waals surface area (Å²) in [5, 5.41) is 12.4. The smallest absolute Gasteiger partial charge is 0.246 e. The van der Waals surface area contributed by atoms with Crippen LogP contribution in [-0.2, 0) is 36.2 Å². The maximum absolute atomic E-state index is 14.4. The molecule has 4 atom stereocenters. The van der Waals surface area contributed by atoms with Crippen molar-refractivity contribution in [3.05, 3.63) is 65.5 Å². The molecule has 0 radical (unpaired) electrons. The van der Waals surface area contributed by atoms with E-state index in [9.17, 15) is 32.5 Å². The third-order valence-electron chi connectivity index (χ3n) is 8.74. The second-order valence-electron chi connectivity index (χ2n) is 13.4. The van der Waals surface area contributed by atoms with Crippen LogP contribution in [-0.4, -0.2) is 72.9 Å². The number of benzene rings is 2. The number of sulfonamides is 1. The number of halogens is 1. The molecule has 1 saturated carbocycles. The predicted octanol–water partition coefficient (Wildman–Crippen LogP) is 3.10. The van der Waals surface area contributed by atoms with Crippen LogP contribution in [0.1, 0.15) is 57.6 Å². The minimum atomic E-state index is -3.81. The van der Waals surface area contributed by atoms with Gasteiger partial charge in [0.1, 0.15) is 23.9 Å². The molecule has 1 aliphatic carbocycles. The van der Waals surface area contributed by atoms with E-state index in [0.717, 1.165) is 5.56 Å². The Morgan fingerprint density at radius 3 is 2.45 bits per heavy atom. The minimum Gasteiger partial charge on any atom is -0.332 e. The standard InChI is InChI=1S/C32H38FN5O5S/c1-31(2,3)17-27(29(40)38-19-32(16-22(38)18-34)24-7-5-6-8-25(24)35-30(32)41)37(4)28(39)26(36-44(42,43)23-13-14-23)15-20-9-11-21(33)12-10-20/h5-12,22-23,26-27,36H,13-17,19H2,1-4H3,(H,35,41)/t22-,26-,27-,32-/m0/s1. The van der Waals surface area contributed by atoms with Gasteiger partial charge in [0.15, 0.2) is 0 Å². The van der Waals surface area contributed by atoms with Gasteiger partial charge < -0.3 is 15.1 Å². The lowest BCUT2D eigenvalue weighted by atomic mass is 9.80. The van der Waals surface area contributed by atoms with Gasteiger partial charge in [0, 0.05) is 25.7 Å². The van der Waals surface area contributed by atoms with Crippen molar-refractivity contribution in [2.75, 3.05) is 18.9 Å². The number of para-hydroxylation sites is 1. The molecule has 0 aromatic heterocycles. The van der Waals surface area contributed by atoms with Crippen LogP contribution in [0.2, 0.25) is 0 Å². The summed E-state index contributed by atoms with van der Waals surface area (Å²) in [6, 6.07) is 11.7. The molecule has 5 rings (SSSR count). The molecule has 3 aliphatic rings. The summed E-state index contributed by atoms with van der Waals surface area (Å²) in [6.45, 7) is 5.74. The number of amides is 3. The van der Waals surface area contributed by atoms with E-state index in [0.29, 0.717) is 24.1 Å². The number of nitrogens with zero attached hydrogens (tertiary/aromatic N) is 3. The average molecular weight is 624 g/mol. The SMILES string of the molecule is CN(C(=O)[C@H](Cc1ccc(F)cc1)NS(=O)(=O)C1CC1)[C@@H](CC(C)(C)C)C(=O)N1C[C@]2(C[C@H]1C#N)C(=O)Nc1ccccc12. The van der Waals surface area contributed by atoms with Crippen molar-refractivity contribution >= 4 is 33.4 Å². The van der Waals surface area contributed by atoms with Crippen molar-refractivity contribution in [1.29, 1.82) is 5.26 Å². The Morgan fingerprint density at radius 2 is 1.84 bits per heavy atom. The number of rotatable bonds is 9. The summed E-state index contributed by atoms with van der Waals surface area (Å²) in [6.07, 6.45) is 1.29. The largest absolute Gasteiger partial charge is 0.332 e. The van der Waals surface area contributed by atoms with Gasteiger partial charge in [-0.3, -0.25) is 14.4 Å². The van der Waals surface area contributed by atoms with E-state index in [1.807, 2.05) is 32.9 Å². The van der Waals surface area contributed by atoms with E-state index in [-0.39, 0.29) is 31.7 Å². The summed E-state index contributed by atoms with van der Waals surface area (Å²) in [4.78, 5) is 44.5. The zero-order valence-corrected chi connectivity index (χ0v) is 26.2. The number of anilines is 1. The molecule has 2 heterocycles. The number of nitrogens with one attached hydrogen (secondary N) is 2. The van der Waals surface area contributed by atoms with E-state index in [2.05, 4.69) is 16.1 Å². The van der Waals surface area contributed by atoms with Crippen molar-refractivity contribution in [3.8, 4) is 6.07 Å². The van der Waals surface area contributed by atoms with E-state index in [1.54, 1.807) is 12.1 Å². The van der Waals surface area contributed by atoms with Crippen LogP contribution in [0, 0.1) is 22.6 Å². The van der Waals surface area contributed by atoms with Crippen LogP contribution < -0.4 is 10.0 Å². The van der Waals surface area contributed by atoms with Gasteiger partial charge in [-0.15, -0.1) is 0 Å². The number of fused-ring (bicyclic) bond motifs is 2. The second-order valence-corrected chi connectivity index (χ2v) is 15.4. The Morgan fingerprint density at radius 1 is 1.18 bits per heavy atom. The van der Waals surface area contributed by atoms with Crippen molar-refractivity contribution in [3.63, 3.8) is 0 Å². The first-order valence-electron chi connectivity index (χ1n) is 14.8. The van der Waals surface area contributed by atoms with Gasteiger partial charge in [0.25, 0.3) is 0 Å². The molecule has 3 amide bonds. The number of likely N-dealkylation sites (tertiary alicyclic amines) is 1. The fourth-order valence-electron chi connectivity index (χ4n) is 6.26. The minimum absolute atomic E-state index is 0.0249. The molecule has 2 aromatic carbocycles. The van der Waals surface area contributed by atoms with E-state index in [1.165, 1.54) is 41.1 Å². The molecule has 234 valence electrons. The highest BCUT2D eigenvalue weighted by Gasteiger charge is 2.57. The Balaban J connectivity index is 1.46. The number of carbonyl (C=O) groups is 3. The fraction of sp³-hybridized carbons (Fsp3) is 0.500. The molecular weight excluding hydrogens is 585 g/mol. The molecule has 44 heavy (non-hydrogen) atoms. The summed E-state index contributed by atoms with van der Waals surface area (Å²) in [5.41, 5.74) is 0.394. The first-order valence-corrected chi connectivity index (χ1v) is 16.3. The van der Waals surface area contributed by atoms with Gasteiger partial charge in [0.2, 0.25) is 27.7 Å². The molecule has 0 bridgehead atoms. The molecule has 0 unspecified atom stereocenters. The normalized spacial score (nSPS) is 22.7. The van der Waals surface area contributed by atoms with Gasteiger partial charge in [0.05, 0.1) is 16.7 Å². The summed E-state index contributed by atoms with van der Waals surface area (Å²) in [5.74, 6) is -1.84. The van der Waals surface area contributed by atoms with Gasteiger partial charge >= 0.3 is 0 Å². The highest BCUT2D eigenvalue weighted by atomic mass is 32.2. The lowest BCUT2D eigenvalue weighted by molar-refractivity contribution is -0.146. The molecule has 12 heteroatoms. The van der Waals surface area contributed by atoms with Crippen LogP contribution in [0.25, 0.3) is 0 Å². The Hall–Kier alpha value is -3.82. The third-order valence-corrected chi connectivity index (χ3v) is 10.7. The molecule has 2 fully saturated rings. The first kappa shape index (κ1) is 31.6. The molecule has 2 aromatic rings. The topological polar surface area (TPSA) is 140 Å². The molecule has 1 saturated heterocycles. The summed E-state index contributed by atoms with van der Waals surface area (Å²) >= 11 is 0. The van der Waals surface area contributed by atoms with E-state index < -0.39 is 61.9 Å². The fourth-order valence-corrected chi connectivity index (χ4v) is 7.79. The number of likely N-dealkylation sites (N-methyl/N-ethyl adjacent to an activating group) is 1. The maximum Gasteiger partial charge on any atom is 0.246 e. The van der Waals surface area contributed by atoms with Gasteiger partial charge in [-0.2, -0.15) is 5.26 Å². The molecule has 1 spiro atoms. The highest BCUT2D eigenvalue weighted by molar-refractivity contribution is 7.90. The van der Waals surface area contributed by atoms with Gasteiger partial charge in [-0.25, -0.2) is 17.5 Å². The Bertz CT molecular complexity index is 1610. The van der Waals surface area contributed by atoms with Crippen molar-refractivity contribution in [1.82, 2.24) is 14.5 Å². The second kappa shape index (κ2) is 11.6. The lowest BCUT2D eigenvalue weighted by Gasteiger charge is -2.37.